The second kappa shape index (κ2) is 12.7. The summed E-state index contributed by atoms with van der Waals surface area (Å²) < 4.78 is 39.2. The molecule has 0 aliphatic rings. The van der Waals surface area contributed by atoms with E-state index in [1.165, 1.54) is 18.3 Å². The lowest BCUT2D eigenvalue weighted by molar-refractivity contribution is -0.119. The predicted molar refractivity (Wildman–Crippen MR) is 141 cm³/mol. The fourth-order valence-corrected chi connectivity index (χ4v) is 4.92. The van der Waals surface area contributed by atoms with Crippen molar-refractivity contribution in [3.05, 3.63) is 83.9 Å². The van der Waals surface area contributed by atoms with E-state index in [4.69, 9.17) is 9.47 Å². The number of nitrogens with one attached hydrogen (secondary N) is 1. The average Bonchev–Trinajstić information content (AvgIpc) is 2.88. The molecule has 0 aliphatic heterocycles. The normalized spacial score (nSPS) is 11.3. The topological polar surface area (TPSA) is 97.3 Å². The Balaban J connectivity index is 1.78. The highest BCUT2D eigenvalue weighted by Gasteiger charge is 2.28. The van der Waals surface area contributed by atoms with Crippen LogP contribution in [-0.4, -0.2) is 40.3 Å². The molecule has 8 nitrogen and oxygen atoms in total. The number of benzene rings is 3. The molecule has 190 valence electrons. The molecule has 0 heterocycles. The molecule has 0 aliphatic carbocycles. The Morgan fingerprint density at radius 1 is 0.972 bits per heavy atom. The van der Waals surface area contributed by atoms with E-state index < -0.39 is 22.5 Å². The van der Waals surface area contributed by atoms with Gasteiger partial charge in [-0.2, -0.15) is 5.10 Å². The summed E-state index contributed by atoms with van der Waals surface area (Å²) in [6.45, 7) is 6.32. The smallest absolute Gasteiger partial charge is 0.264 e. The van der Waals surface area contributed by atoms with Crippen LogP contribution in [-0.2, 0) is 14.8 Å². The molecule has 0 bridgehead atoms. The Morgan fingerprint density at radius 2 is 1.69 bits per heavy atom. The molecular weight excluding hydrogens is 478 g/mol. The zero-order valence-electron chi connectivity index (χ0n) is 20.7. The number of sulfonamides is 1. The van der Waals surface area contributed by atoms with Crippen molar-refractivity contribution in [1.29, 1.82) is 0 Å². The largest absolute Gasteiger partial charge is 0.490 e. The summed E-state index contributed by atoms with van der Waals surface area (Å²) in [5, 5.41) is 4.02. The van der Waals surface area contributed by atoms with E-state index >= 15 is 0 Å². The molecule has 1 N–H and O–H groups in total. The quantitative estimate of drug-likeness (QED) is 0.286. The fourth-order valence-electron chi connectivity index (χ4n) is 3.41. The van der Waals surface area contributed by atoms with Crippen molar-refractivity contribution in [2.75, 3.05) is 24.1 Å². The van der Waals surface area contributed by atoms with Crippen LogP contribution in [0.2, 0.25) is 0 Å². The van der Waals surface area contributed by atoms with Gasteiger partial charge in [-0.25, -0.2) is 13.8 Å². The van der Waals surface area contributed by atoms with Gasteiger partial charge in [0.15, 0.2) is 11.5 Å². The molecule has 0 fully saturated rings. The summed E-state index contributed by atoms with van der Waals surface area (Å²) in [4.78, 5) is 12.9. The highest BCUT2D eigenvalue weighted by molar-refractivity contribution is 7.92. The Labute approximate surface area is 212 Å². The Kier molecular flexibility index (Phi) is 9.46. The summed E-state index contributed by atoms with van der Waals surface area (Å²) in [6, 6.07) is 20.4. The van der Waals surface area contributed by atoms with Crippen molar-refractivity contribution in [3.8, 4) is 11.5 Å². The molecule has 0 spiro atoms. The van der Waals surface area contributed by atoms with Crippen LogP contribution in [0.1, 0.15) is 31.4 Å². The van der Waals surface area contributed by atoms with Gasteiger partial charge in [0, 0.05) is 0 Å². The first-order chi connectivity index (χ1) is 17.4. The van der Waals surface area contributed by atoms with Crippen molar-refractivity contribution in [2.45, 2.75) is 32.1 Å². The number of carbonyl (C=O) groups is 1. The van der Waals surface area contributed by atoms with Gasteiger partial charge in [0.2, 0.25) is 0 Å². The number of hydrogen-bond donors (Lipinski definition) is 1. The SMILES string of the molecule is CCCOc1ccc(C=NNC(=O)CN(c2ccccc2C)S(=O)(=O)c2ccccc2)cc1OCC. The first kappa shape index (κ1) is 26.7. The number of rotatable bonds is 12. The molecule has 0 saturated heterocycles. The summed E-state index contributed by atoms with van der Waals surface area (Å²) in [5.74, 6) is 0.641. The van der Waals surface area contributed by atoms with Crippen LogP contribution in [0.5, 0.6) is 11.5 Å². The van der Waals surface area contributed by atoms with E-state index in [0.29, 0.717) is 36.0 Å². The van der Waals surface area contributed by atoms with E-state index in [2.05, 4.69) is 10.5 Å². The lowest BCUT2D eigenvalue weighted by atomic mass is 10.2. The number of hydrazone groups is 1. The van der Waals surface area contributed by atoms with Crippen molar-refractivity contribution in [2.24, 2.45) is 5.10 Å². The van der Waals surface area contributed by atoms with E-state index in [0.717, 1.165) is 16.3 Å². The van der Waals surface area contributed by atoms with Gasteiger partial charge in [-0.1, -0.05) is 43.3 Å². The van der Waals surface area contributed by atoms with Gasteiger partial charge in [-0.05, 0) is 67.8 Å². The van der Waals surface area contributed by atoms with Gasteiger partial charge in [0.25, 0.3) is 15.9 Å². The van der Waals surface area contributed by atoms with Gasteiger partial charge in [0.1, 0.15) is 6.54 Å². The summed E-state index contributed by atoms with van der Waals surface area (Å²) in [5.41, 5.74) is 4.26. The monoisotopic (exact) mass is 509 g/mol. The number of carbonyl (C=O) groups excluding carboxylic acids is 1. The van der Waals surface area contributed by atoms with Crippen molar-refractivity contribution < 1.29 is 22.7 Å². The zero-order valence-corrected chi connectivity index (χ0v) is 21.5. The molecule has 0 saturated carbocycles. The minimum atomic E-state index is -3.98. The third kappa shape index (κ3) is 6.85. The molecule has 36 heavy (non-hydrogen) atoms. The molecule has 0 radical (unpaired) electrons. The molecule has 3 aromatic rings. The third-order valence-electron chi connectivity index (χ3n) is 5.13. The molecule has 0 atom stereocenters. The molecule has 9 heteroatoms. The fraction of sp³-hybridized carbons (Fsp3) is 0.259. The number of hydrogen-bond acceptors (Lipinski definition) is 6. The maximum atomic E-state index is 13.4. The highest BCUT2D eigenvalue weighted by atomic mass is 32.2. The number of aryl methyl sites for hydroxylation is 1. The summed E-state index contributed by atoms with van der Waals surface area (Å²) in [6.07, 6.45) is 2.34. The van der Waals surface area contributed by atoms with Crippen LogP contribution in [0.25, 0.3) is 0 Å². The summed E-state index contributed by atoms with van der Waals surface area (Å²) in [7, 11) is -3.98. The van der Waals surface area contributed by atoms with Gasteiger partial charge < -0.3 is 9.47 Å². The summed E-state index contributed by atoms with van der Waals surface area (Å²) >= 11 is 0. The second-order valence-corrected chi connectivity index (χ2v) is 9.75. The standard InChI is InChI=1S/C27H31N3O5S/c1-4-17-35-25-16-15-22(18-26(25)34-5-2)19-28-29-27(31)20-30(24-14-10-9-11-21(24)3)36(32,33)23-12-7-6-8-13-23/h6-16,18-19H,4-5,17,20H2,1-3H3,(H,29,31). The number of ether oxygens (including phenoxy) is 2. The maximum absolute atomic E-state index is 13.4. The minimum absolute atomic E-state index is 0.0957. The van der Waals surface area contributed by atoms with Crippen LogP contribution >= 0.6 is 0 Å². The van der Waals surface area contributed by atoms with Gasteiger partial charge in [0.05, 0.1) is 30.0 Å². The van der Waals surface area contributed by atoms with Crippen LogP contribution in [0.15, 0.2) is 82.8 Å². The van der Waals surface area contributed by atoms with E-state index in [1.807, 2.05) is 19.9 Å². The van der Waals surface area contributed by atoms with Crippen LogP contribution in [0.4, 0.5) is 5.69 Å². The maximum Gasteiger partial charge on any atom is 0.264 e. The molecule has 0 aromatic heterocycles. The Morgan fingerprint density at radius 3 is 2.39 bits per heavy atom. The Hall–Kier alpha value is -3.85. The van der Waals surface area contributed by atoms with Crippen molar-refractivity contribution in [1.82, 2.24) is 5.43 Å². The zero-order chi connectivity index (χ0) is 26.0. The van der Waals surface area contributed by atoms with Crippen molar-refractivity contribution in [3.63, 3.8) is 0 Å². The van der Waals surface area contributed by atoms with Gasteiger partial charge in [-0.3, -0.25) is 9.10 Å². The van der Waals surface area contributed by atoms with Crippen molar-refractivity contribution >= 4 is 27.8 Å². The van der Waals surface area contributed by atoms with Crippen LogP contribution in [0.3, 0.4) is 0 Å². The number of anilines is 1. The molecule has 3 aromatic carbocycles. The van der Waals surface area contributed by atoms with Crippen LogP contribution in [0, 0.1) is 6.92 Å². The molecule has 1 amide bonds. The average molecular weight is 510 g/mol. The highest BCUT2D eigenvalue weighted by Crippen LogP contribution is 2.28. The first-order valence-corrected chi connectivity index (χ1v) is 13.2. The minimum Gasteiger partial charge on any atom is -0.490 e. The molecule has 0 unspecified atom stereocenters. The van der Waals surface area contributed by atoms with Gasteiger partial charge in [-0.15, -0.1) is 0 Å². The van der Waals surface area contributed by atoms with E-state index in [1.54, 1.807) is 61.5 Å². The van der Waals surface area contributed by atoms with E-state index in [9.17, 15) is 13.2 Å². The third-order valence-corrected chi connectivity index (χ3v) is 6.91. The first-order valence-electron chi connectivity index (χ1n) is 11.7. The molecule has 3 rings (SSSR count). The van der Waals surface area contributed by atoms with Gasteiger partial charge >= 0.3 is 0 Å². The number of nitrogens with zero attached hydrogens (tertiary/aromatic N) is 2. The second-order valence-electron chi connectivity index (χ2n) is 7.89. The van der Waals surface area contributed by atoms with E-state index in [-0.39, 0.29) is 4.90 Å². The predicted octanol–water partition coefficient (Wildman–Crippen LogP) is 4.53. The van der Waals surface area contributed by atoms with Crippen LogP contribution < -0.4 is 19.2 Å². The number of amides is 1. The Bertz CT molecular complexity index is 1290. The lowest BCUT2D eigenvalue weighted by Gasteiger charge is -2.25. The molecular formula is C27H31N3O5S. The lowest BCUT2D eigenvalue weighted by Crippen LogP contribution is -2.40. The number of para-hydroxylation sites is 1.